The summed E-state index contributed by atoms with van der Waals surface area (Å²) in [6.45, 7) is 6.14. The van der Waals surface area contributed by atoms with Crippen molar-refractivity contribution < 1.29 is 19.1 Å². The summed E-state index contributed by atoms with van der Waals surface area (Å²) in [6.07, 6.45) is 3.48. The summed E-state index contributed by atoms with van der Waals surface area (Å²) in [7, 11) is 0. The first kappa shape index (κ1) is 19.4. The van der Waals surface area contributed by atoms with Gasteiger partial charge in [-0.05, 0) is 32.4 Å². The van der Waals surface area contributed by atoms with Gasteiger partial charge in [0.2, 0.25) is 0 Å². The van der Waals surface area contributed by atoms with Crippen LogP contribution in [0.3, 0.4) is 0 Å². The minimum atomic E-state index is -0.348. The molecule has 6 nitrogen and oxygen atoms in total. The van der Waals surface area contributed by atoms with Crippen LogP contribution in [0.25, 0.3) is 0 Å². The van der Waals surface area contributed by atoms with E-state index in [-0.39, 0.29) is 18.4 Å². The molecule has 0 aliphatic heterocycles. The van der Waals surface area contributed by atoms with Crippen molar-refractivity contribution in [3.63, 3.8) is 0 Å². The van der Waals surface area contributed by atoms with Gasteiger partial charge in [-0.3, -0.25) is 9.78 Å². The number of carbonyl (C=O) groups is 2. The number of rotatable bonds is 8. The van der Waals surface area contributed by atoms with E-state index >= 15 is 0 Å². The minimum Gasteiger partial charge on any atom is -0.466 e. The van der Waals surface area contributed by atoms with Crippen molar-refractivity contribution in [2.75, 3.05) is 13.2 Å². The number of hydrogen-bond acceptors (Lipinski definition) is 8. The summed E-state index contributed by atoms with van der Waals surface area (Å²) in [4.78, 5) is 33.1. The van der Waals surface area contributed by atoms with Gasteiger partial charge in [-0.15, -0.1) is 11.3 Å². The van der Waals surface area contributed by atoms with Crippen molar-refractivity contribution >= 4 is 35.0 Å². The molecule has 0 saturated heterocycles. The van der Waals surface area contributed by atoms with Gasteiger partial charge in [0.15, 0.2) is 4.34 Å². The van der Waals surface area contributed by atoms with Crippen LogP contribution in [0.4, 0.5) is 0 Å². The fourth-order valence-corrected chi connectivity index (χ4v) is 4.26. The van der Waals surface area contributed by atoms with Crippen molar-refractivity contribution in [1.82, 2.24) is 9.97 Å². The molecule has 0 aromatic carbocycles. The zero-order valence-corrected chi connectivity index (χ0v) is 16.0. The van der Waals surface area contributed by atoms with Gasteiger partial charge >= 0.3 is 11.9 Å². The molecule has 0 unspecified atom stereocenters. The number of ether oxygens (including phenoxy) is 2. The highest BCUT2D eigenvalue weighted by Crippen LogP contribution is 2.30. The Bertz CT molecular complexity index is 746. The highest BCUT2D eigenvalue weighted by Gasteiger charge is 2.15. The molecule has 0 fully saturated rings. The van der Waals surface area contributed by atoms with E-state index in [9.17, 15) is 9.59 Å². The summed E-state index contributed by atoms with van der Waals surface area (Å²) in [5.74, 6) is -0.0465. The second-order valence-corrected chi connectivity index (χ2v) is 7.32. The van der Waals surface area contributed by atoms with E-state index in [0.29, 0.717) is 24.5 Å². The second kappa shape index (κ2) is 9.53. The summed E-state index contributed by atoms with van der Waals surface area (Å²) in [5, 5.41) is 0. The highest BCUT2D eigenvalue weighted by molar-refractivity contribution is 8.00. The Labute approximate surface area is 155 Å². The van der Waals surface area contributed by atoms with Crippen LogP contribution < -0.4 is 0 Å². The molecule has 0 saturated carbocycles. The van der Waals surface area contributed by atoms with Gasteiger partial charge in [-0.1, -0.05) is 11.8 Å². The van der Waals surface area contributed by atoms with Gasteiger partial charge in [-0.2, -0.15) is 0 Å². The molecule has 134 valence electrons. The highest BCUT2D eigenvalue weighted by atomic mass is 32.2. The van der Waals surface area contributed by atoms with E-state index < -0.39 is 0 Å². The number of aryl methyl sites for hydroxylation is 1. The van der Waals surface area contributed by atoms with Crippen molar-refractivity contribution in [1.29, 1.82) is 0 Å². The van der Waals surface area contributed by atoms with E-state index in [0.717, 1.165) is 20.5 Å². The van der Waals surface area contributed by atoms with E-state index in [2.05, 4.69) is 9.97 Å². The lowest BCUT2D eigenvalue weighted by Crippen LogP contribution is -2.08. The van der Waals surface area contributed by atoms with Gasteiger partial charge in [0.05, 0.1) is 30.9 Å². The summed E-state index contributed by atoms with van der Waals surface area (Å²) >= 11 is 2.98. The Hall–Kier alpha value is -1.93. The van der Waals surface area contributed by atoms with Gasteiger partial charge < -0.3 is 9.47 Å². The average molecular weight is 380 g/mol. The Balaban J connectivity index is 2.05. The predicted molar refractivity (Wildman–Crippen MR) is 96.9 cm³/mol. The number of thioether (sulfide) groups is 1. The van der Waals surface area contributed by atoms with Gasteiger partial charge in [0.1, 0.15) is 0 Å². The lowest BCUT2D eigenvalue weighted by molar-refractivity contribution is -0.142. The predicted octanol–water partition coefficient (Wildman–Crippen LogP) is 3.42. The van der Waals surface area contributed by atoms with Crippen LogP contribution in [0, 0.1) is 6.92 Å². The Morgan fingerprint density at radius 3 is 2.72 bits per heavy atom. The molecule has 0 atom stereocenters. The van der Waals surface area contributed by atoms with Crippen molar-refractivity contribution in [2.24, 2.45) is 0 Å². The monoisotopic (exact) mass is 380 g/mol. The largest absolute Gasteiger partial charge is 0.466 e. The molecule has 0 spiro atoms. The molecule has 0 bridgehead atoms. The van der Waals surface area contributed by atoms with Crippen molar-refractivity contribution in [3.05, 3.63) is 40.2 Å². The number of aromatic nitrogens is 2. The third-order valence-corrected chi connectivity index (χ3v) is 5.58. The molecule has 2 aromatic heterocycles. The fraction of sp³-hybridized carbons (Fsp3) is 0.412. The van der Waals surface area contributed by atoms with Crippen molar-refractivity contribution in [3.8, 4) is 0 Å². The molecule has 0 N–H and O–H groups in total. The van der Waals surface area contributed by atoms with Crippen LogP contribution in [-0.4, -0.2) is 35.1 Å². The second-order valence-electron chi connectivity index (χ2n) is 5.01. The number of pyridine rings is 1. The number of nitrogens with zero attached hydrogens (tertiary/aromatic N) is 2. The lowest BCUT2D eigenvalue weighted by atomic mass is 10.2. The van der Waals surface area contributed by atoms with Crippen molar-refractivity contribution in [2.45, 2.75) is 37.3 Å². The number of thiazole rings is 1. The maximum absolute atomic E-state index is 12.0. The van der Waals surface area contributed by atoms with E-state index in [1.54, 1.807) is 32.3 Å². The summed E-state index contributed by atoms with van der Waals surface area (Å²) < 4.78 is 10.9. The first-order valence-corrected chi connectivity index (χ1v) is 9.70. The Morgan fingerprint density at radius 2 is 2.00 bits per heavy atom. The van der Waals surface area contributed by atoms with Crippen LogP contribution >= 0.6 is 23.1 Å². The van der Waals surface area contributed by atoms with Gasteiger partial charge in [0, 0.05) is 23.0 Å². The SMILES string of the molecule is CCOC(=O)Cc1sc(SCc2cnccc2C(=O)OCC)nc1C. The van der Waals surface area contributed by atoms with Crippen LogP contribution in [-0.2, 0) is 26.4 Å². The molecular formula is C17H20N2O4S2. The third kappa shape index (κ3) is 5.54. The first-order valence-electron chi connectivity index (χ1n) is 7.89. The lowest BCUT2D eigenvalue weighted by Gasteiger charge is -2.06. The third-order valence-electron chi connectivity index (χ3n) is 3.23. The van der Waals surface area contributed by atoms with Gasteiger partial charge in [-0.25, -0.2) is 9.78 Å². The molecule has 0 radical (unpaired) electrons. The zero-order valence-electron chi connectivity index (χ0n) is 14.4. The molecule has 8 heteroatoms. The van der Waals surface area contributed by atoms with Crippen LogP contribution in [0.1, 0.15) is 40.3 Å². The van der Waals surface area contributed by atoms with E-state index in [1.807, 2.05) is 6.92 Å². The van der Waals surface area contributed by atoms with Gasteiger partial charge in [0.25, 0.3) is 0 Å². The summed E-state index contributed by atoms with van der Waals surface area (Å²) in [5.41, 5.74) is 2.15. The molecular weight excluding hydrogens is 360 g/mol. The molecule has 0 aliphatic rings. The number of hydrogen-bond donors (Lipinski definition) is 0. The first-order chi connectivity index (χ1) is 12.0. The topological polar surface area (TPSA) is 78.4 Å². The minimum absolute atomic E-state index is 0.235. The van der Waals surface area contributed by atoms with E-state index in [1.165, 1.54) is 23.1 Å². The standard InChI is InChI=1S/C17H20N2O4S2/c1-4-22-15(20)8-14-11(3)19-17(25-14)24-10-12-9-18-7-6-13(12)16(21)23-5-2/h6-7,9H,4-5,8,10H2,1-3H3. The smallest absolute Gasteiger partial charge is 0.338 e. The average Bonchev–Trinajstić information content (AvgIpc) is 2.93. The maximum atomic E-state index is 12.0. The molecule has 2 heterocycles. The van der Waals surface area contributed by atoms with Crippen LogP contribution in [0.2, 0.25) is 0 Å². The number of carbonyl (C=O) groups excluding carboxylic acids is 2. The summed E-state index contributed by atoms with van der Waals surface area (Å²) in [6, 6.07) is 1.66. The molecule has 2 aromatic rings. The fourth-order valence-electron chi connectivity index (χ4n) is 2.06. The molecule has 0 aliphatic carbocycles. The molecule has 25 heavy (non-hydrogen) atoms. The maximum Gasteiger partial charge on any atom is 0.338 e. The Morgan fingerprint density at radius 1 is 1.24 bits per heavy atom. The van der Waals surface area contributed by atoms with Crippen LogP contribution in [0.5, 0.6) is 0 Å². The normalized spacial score (nSPS) is 10.5. The van der Waals surface area contributed by atoms with E-state index in [4.69, 9.17) is 9.47 Å². The number of esters is 2. The Kier molecular flexibility index (Phi) is 7.39. The quantitative estimate of drug-likeness (QED) is 0.513. The van der Waals surface area contributed by atoms with Crippen LogP contribution in [0.15, 0.2) is 22.8 Å². The zero-order chi connectivity index (χ0) is 18.2. The molecule has 0 amide bonds. The molecule has 2 rings (SSSR count).